The van der Waals surface area contributed by atoms with Crippen LogP contribution < -0.4 is 5.32 Å². The number of hydrogen-bond donors (Lipinski definition) is 2. The van der Waals surface area contributed by atoms with E-state index in [0.717, 1.165) is 12.8 Å². The van der Waals surface area contributed by atoms with E-state index in [1.807, 2.05) is 13.8 Å². The van der Waals surface area contributed by atoms with Gasteiger partial charge in [-0.15, -0.1) is 0 Å². The minimum atomic E-state index is -0.508. The van der Waals surface area contributed by atoms with Gasteiger partial charge in [0.1, 0.15) is 5.82 Å². The van der Waals surface area contributed by atoms with Crippen LogP contribution in [0.25, 0.3) is 0 Å². The highest BCUT2D eigenvalue weighted by molar-refractivity contribution is 5.86. The molecule has 0 fully saturated rings. The Balaban J connectivity index is 2.66. The van der Waals surface area contributed by atoms with Gasteiger partial charge in [-0.05, 0) is 12.8 Å². The topological polar surface area (TPSA) is 84.3 Å². The molecule has 0 saturated carbocycles. The zero-order valence-corrected chi connectivity index (χ0v) is 11.6. The Morgan fingerprint density at radius 2 is 2.05 bits per heavy atom. The van der Waals surface area contributed by atoms with Crippen molar-refractivity contribution in [2.45, 2.75) is 26.7 Å². The van der Waals surface area contributed by atoms with Gasteiger partial charge in [-0.3, -0.25) is 0 Å². The summed E-state index contributed by atoms with van der Waals surface area (Å²) in [7, 11) is 1.30. The van der Waals surface area contributed by atoms with Crippen molar-refractivity contribution >= 4 is 11.8 Å². The molecule has 1 rings (SSSR count). The normalized spacial score (nSPS) is 11.2. The van der Waals surface area contributed by atoms with Crippen molar-refractivity contribution in [2.24, 2.45) is 5.41 Å². The second-order valence-electron chi connectivity index (χ2n) is 4.50. The molecule has 0 aliphatic rings. The van der Waals surface area contributed by atoms with Gasteiger partial charge in [-0.25, -0.2) is 14.8 Å². The molecule has 0 amide bonds. The molecule has 0 aliphatic heterocycles. The quantitative estimate of drug-likeness (QED) is 0.728. The molecule has 0 spiro atoms. The smallest absolute Gasteiger partial charge is 0.358 e. The molecule has 0 bridgehead atoms. The van der Waals surface area contributed by atoms with Gasteiger partial charge in [0.15, 0.2) is 5.69 Å². The van der Waals surface area contributed by atoms with Crippen molar-refractivity contribution < 1.29 is 14.6 Å². The highest BCUT2D eigenvalue weighted by atomic mass is 16.5. The van der Waals surface area contributed by atoms with Gasteiger partial charge in [-0.2, -0.15) is 0 Å². The van der Waals surface area contributed by atoms with Gasteiger partial charge >= 0.3 is 5.97 Å². The molecule has 0 saturated heterocycles. The summed E-state index contributed by atoms with van der Waals surface area (Å²) in [6, 6.07) is 0. The van der Waals surface area contributed by atoms with Crippen molar-refractivity contribution in [2.75, 3.05) is 25.6 Å². The lowest BCUT2D eigenvalue weighted by molar-refractivity contribution is 0.0593. The Hall–Kier alpha value is -1.69. The number of aliphatic hydroxyl groups excluding tert-OH is 1. The predicted molar refractivity (Wildman–Crippen MR) is 72.0 cm³/mol. The van der Waals surface area contributed by atoms with E-state index in [-0.39, 0.29) is 17.7 Å². The third-order valence-electron chi connectivity index (χ3n) is 3.53. The summed E-state index contributed by atoms with van der Waals surface area (Å²) in [5.74, 6) is 0.0678. The molecule has 6 nitrogen and oxygen atoms in total. The lowest BCUT2D eigenvalue weighted by Gasteiger charge is -2.29. The van der Waals surface area contributed by atoms with Crippen LogP contribution in [0, 0.1) is 5.41 Å². The molecular formula is C13H21N3O3. The number of carbonyl (C=O) groups excluding carboxylic acids is 1. The van der Waals surface area contributed by atoms with Crippen LogP contribution in [-0.4, -0.2) is 41.3 Å². The van der Waals surface area contributed by atoms with Crippen molar-refractivity contribution in [3.63, 3.8) is 0 Å². The number of nitrogens with one attached hydrogen (secondary N) is 1. The molecule has 0 aliphatic carbocycles. The molecule has 6 heteroatoms. The summed E-state index contributed by atoms with van der Waals surface area (Å²) in [4.78, 5) is 19.3. The Labute approximate surface area is 113 Å². The number of esters is 1. The van der Waals surface area contributed by atoms with Crippen molar-refractivity contribution in [1.29, 1.82) is 0 Å². The van der Waals surface area contributed by atoms with Gasteiger partial charge in [0.05, 0.1) is 26.1 Å². The fraction of sp³-hybridized carbons (Fsp3) is 0.615. The number of carbonyl (C=O) groups is 1. The van der Waals surface area contributed by atoms with Crippen LogP contribution >= 0.6 is 0 Å². The standard InChI is InChI=1S/C13H21N3O3/c1-4-13(5-2,9-17)8-16-11-7-14-10(6-15-11)12(18)19-3/h6-7,17H,4-5,8-9H2,1-3H3,(H,15,16). The number of aromatic nitrogens is 2. The predicted octanol–water partition coefficient (Wildman–Crippen LogP) is 1.47. The van der Waals surface area contributed by atoms with E-state index >= 15 is 0 Å². The molecule has 0 unspecified atom stereocenters. The fourth-order valence-electron chi connectivity index (χ4n) is 1.69. The van der Waals surface area contributed by atoms with E-state index in [2.05, 4.69) is 20.0 Å². The maximum atomic E-state index is 11.2. The number of ether oxygens (including phenoxy) is 1. The molecule has 1 heterocycles. The van der Waals surface area contributed by atoms with Crippen LogP contribution in [-0.2, 0) is 4.74 Å². The maximum absolute atomic E-state index is 11.2. The molecule has 106 valence electrons. The first-order chi connectivity index (χ1) is 9.10. The SMILES string of the molecule is CCC(CC)(CO)CNc1cnc(C(=O)OC)cn1. The third kappa shape index (κ3) is 3.89. The van der Waals surface area contributed by atoms with Crippen LogP contribution in [0.4, 0.5) is 5.82 Å². The average Bonchev–Trinajstić information content (AvgIpc) is 2.49. The van der Waals surface area contributed by atoms with Crippen molar-refractivity contribution in [3.8, 4) is 0 Å². The second kappa shape index (κ2) is 7.04. The van der Waals surface area contributed by atoms with Gasteiger partial charge in [0, 0.05) is 12.0 Å². The monoisotopic (exact) mass is 267 g/mol. The van der Waals surface area contributed by atoms with E-state index < -0.39 is 5.97 Å². The molecule has 1 aromatic rings. The average molecular weight is 267 g/mol. The summed E-state index contributed by atoms with van der Waals surface area (Å²) in [6.45, 7) is 4.84. The first-order valence-corrected chi connectivity index (χ1v) is 6.36. The highest BCUT2D eigenvalue weighted by Gasteiger charge is 2.25. The fourth-order valence-corrected chi connectivity index (χ4v) is 1.69. The summed E-state index contributed by atoms with van der Waals surface area (Å²) >= 11 is 0. The van der Waals surface area contributed by atoms with E-state index in [1.165, 1.54) is 19.5 Å². The number of rotatable bonds is 7. The van der Waals surface area contributed by atoms with Crippen LogP contribution in [0.15, 0.2) is 12.4 Å². The lowest BCUT2D eigenvalue weighted by atomic mass is 9.83. The van der Waals surface area contributed by atoms with Gasteiger partial charge in [-0.1, -0.05) is 13.8 Å². The minimum Gasteiger partial charge on any atom is -0.464 e. The molecule has 0 aromatic carbocycles. The number of anilines is 1. The summed E-state index contributed by atoms with van der Waals surface area (Å²) in [5, 5.41) is 12.6. The largest absolute Gasteiger partial charge is 0.464 e. The Morgan fingerprint density at radius 1 is 1.37 bits per heavy atom. The molecule has 1 aromatic heterocycles. The van der Waals surface area contributed by atoms with Crippen molar-refractivity contribution in [1.82, 2.24) is 9.97 Å². The van der Waals surface area contributed by atoms with Crippen LogP contribution in [0.3, 0.4) is 0 Å². The first-order valence-electron chi connectivity index (χ1n) is 6.36. The zero-order valence-electron chi connectivity index (χ0n) is 11.6. The van der Waals surface area contributed by atoms with E-state index in [1.54, 1.807) is 0 Å². The molecule has 0 radical (unpaired) electrons. The third-order valence-corrected chi connectivity index (χ3v) is 3.53. The van der Waals surface area contributed by atoms with Crippen LogP contribution in [0.5, 0.6) is 0 Å². The Bertz CT molecular complexity index is 394. The molecular weight excluding hydrogens is 246 g/mol. The van der Waals surface area contributed by atoms with Gasteiger partial charge in [0.2, 0.25) is 0 Å². The Morgan fingerprint density at radius 3 is 2.47 bits per heavy atom. The van der Waals surface area contributed by atoms with Crippen LogP contribution in [0.1, 0.15) is 37.2 Å². The first kappa shape index (κ1) is 15.4. The number of aliphatic hydroxyl groups is 1. The second-order valence-corrected chi connectivity index (χ2v) is 4.50. The van der Waals surface area contributed by atoms with Crippen molar-refractivity contribution in [3.05, 3.63) is 18.1 Å². The van der Waals surface area contributed by atoms with Gasteiger partial charge < -0.3 is 15.2 Å². The summed E-state index contributed by atoms with van der Waals surface area (Å²) in [5.41, 5.74) is 0.0235. The number of nitrogens with zero attached hydrogens (tertiary/aromatic N) is 2. The highest BCUT2D eigenvalue weighted by Crippen LogP contribution is 2.25. The zero-order chi connectivity index (χ0) is 14.3. The lowest BCUT2D eigenvalue weighted by Crippen LogP contribution is -2.32. The molecule has 2 N–H and O–H groups in total. The molecule has 0 atom stereocenters. The van der Waals surface area contributed by atoms with Crippen LogP contribution in [0.2, 0.25) is 0 Å². The maximum Gasteiger partial charge on any atom is 0.358 e. The van der Waals surface area contributed by atoms with E-state index in [0.29, 0.717) is 12.4 Å². The number of hydrogen-bond acceptors (Lipinski definition) is 6. The molecule has 19 heavy (non-hydrogen) atoms. The van der Waals surface area contributed by atoms with E-state index in [4.69, 9.17) is 0 Å². The Kier molecular flexibility index (Phi) is 5.69. The summed E-state index contributed by atoms with van der Waals surface area (Å²) < 4.78 is 4.55. The van der Waals surface area contributed by atoms with E-state index in [9.17, 15) is 9.90 Å². The van der Waals surface area contributed by atoms with Gasteiger partial charge in [0.25, 0.3) is 0 Å². The minimum absolute atomic E-state index is 0.126. The summed E-state index contributed by atoms with van der Waals surface area (Å²) in [6.07, 6.45) is 4.60. The number of methoxy groups -OCH3 is 1.